The van der Waals surface area contributed by atoms with Crippen LogP contribution in [0.25, 0.3) is 0 Å². The van der Waals surface area contributed by atoms with Crippen LogP contribution in [0.15, 0.2) is 0 Å². The lowest BCUT2D eigenvalue weighted by Gasteiger charge is -2.39. The van der Waals surface area contributed by atoms with Gasteiger partial charge in [-0.15, -0.1) is 0 Å². The third kappa shape index (κ3) is 5.89. The maximum absolute atomic E-state index is 11.4. The van der Waals surface area contributed by atoms with Gasteiger partial charge < -0.3 is 19.7 Å². The fraction of sp³-hybridized carbons (Fsp3) is 0.917. The topological polar surface area (TPSA) is 50.8 Å². The van der Waals surface area contributed by atoms with Crippen molar-refractivity contribution >= 4 is 6.09 Å². The van der Waals surface area contributed by atoms with E-state index in [1.165, 1.54) is 0 Å². The van der Waals surface area contributed by atoms with E-state index in [2.05, 4.69) is 10.2 Å². The highest BCUT2D eigenvalue weighted by Crippen LogP contribution is 2.14. The van der Waals surface area contributed by atoms with Crippen LogP contribution in [0.1, 0.15) is 20.8 Å². The number of carbonyl (C=O) groups is 1. The largest absolute Gasteiger partial charge is 0.444 e. The zero-order chi connectivity index (χ0) is 12.9. The van der Waals surface area contributed by atoms with Crippen LogP contribution in [0, 0.1) is 5.92 Å². The van der Waals surface area contributed by atoms with E-state index in [1.807, 2.05) is 20.8 Å². The van der Waals surface area contributed by atoms with Gasteiger partial charge in [0.05, 0.1) is 6.61 Å². The summed E-state index contributed by atoms with van der Waals surface area (Å²) in [6.07, 6.45) is -0.326. The molecule has 0 saturated carbocycles. The molecule has 0 bridgehead atoms. The second-order valence-corrected chi connectivity index (χ2v) is 5.50. The van der Waals surface area contributed by atoms with Crippen LogP contribution in [0.5, 0.6) is 0 Å². The molecule has 0 aromatic carbocycles. The third-order valence-corrected chi connectivity index (χ3v) is 2.58. The summed E-state index contributed by atoms with van der Waals surface area (Å²) in [6.45, 7) is 10.1. The van der Waals surface area contributed by atoms with Crippen LogP contribution in [-0.2, 0) is 9.47 Å². The van der Waals surface area contributed by atoms with Gasteiger partial charge in [-0.25, -0.2) is 4.79 Å². The standard InChI is InChI=1S/C12H24N2O3/c1-12(2,3)17-11(15)13-7-10-8-14(9-10)5-6-16-4/h10H,5-9H2,1-4H3,(H,13,15). The summed E-state index contributed by atoms with van der Waals surface area (Å²) in [7, 11) is 1.71. The van der Waals surface area contributed by atoms with Crippen molar-refractivity contribution in [2.75, 3.05) is 39.9 Å². The van der Waals surface area contributed by atoms with E-state index in [0.717, 1.165) is 26.2 Å². The Labute approximate surface area is 103 Å². The number of carbonyl (C=O) groups excluding carboxylic acids is 1. The van der Waals surface area contributed by atoms with E-state index < -0.39 is 5.60 Å². The average Bonchev–Trinajstić information content (AvgIpc) is 2.11. The van der Waals surface area contributed by atoms with Gasteiger partial charge in [0, 0.05) is 39.2 Å². The Bertz CT molecular complexity index is 245. The van der Waals surface area contributed by atoms with Crippen molar-refractivity contribution in [2.45, 2.75) is 26.4 Å². The first-order valence-corrected chi connectivity index (χ1v) is 6.09. The van der Waals surface area contributed by atoms with Crippen molar-refractivity contribution in [3.05, 3.63) is 0 Å². The number of nitrogens with one attached hydrogen (secondary N) is 1. The molecule has 0 atom stereocenters. The summed E-state index contributed by atoms with van der Waals surface area (Å²) in [5.74, 6) is 0.541. The first-order valence-electron chi connectivity index (χ1n) is 6.09. The van der Waals surface area contributed by atoms with Gasteiger partial charge in [0.15, 0.2) is 0 Å². The minimum Gasteiger partial charge on any atom is -0.444 e. The lowest BCUT2D eigenvalue weighted by molar-refractivity contribution is 0.0420. The van der Waals surface area contributed by atoms with Crippen molar-refractivity contribution in [1.82, 2.24) is 10.2 Å². The van der Waals surface area contributed by atoms with E-state index >= 15 is 0 Å². The van der Waals surface area contributed by atoms with Crippen molar-refractivity contribution in [2.24, 2.45) is 5.92 Å². The molecule has 1 rings (SSSR count). The maximum atomic E-state index is 11.4. The Balaban J connectivity index is 2.04. The fourth-order valence-corrected chi connectivity index (χ4v) is 1.75. The summed E-state index contributed by atoms with van der Waals surface area (Å²) < 4.78 is 10.2. The number of rotatable bonds is 5. The van der Waals surface area contributed by atoms with Crippen LogP contribution >= 0.6 is 0 Å². The van der Waals surface area contributed by atoms with E-state index in [9.17, 15) is 4.79 Å². The molecule has 1 N–H and O–H groups in total. The van der Waals surface area contributed by atoms with E-state index in [-0.39, 0.29) is 6.09 Å². The summed E-state index contributed by atoms with van der Waals surface area (Å²) in [6, 6.07) is 0. The minimum atomic E-state index is -0.422. The molecule has 1 saturated heterocycles. The van der Waals surface area contributed by atoms with Gasteiger partial charge >= 0.3 is 6.09 Å². The Morgan fingerprint density at radius 3 is 2.59 bits per heavy atom. The number of alkyl carbamates (subject to hydrolysis) is 1. The Kier molecular flexibility index (Phi) is 5.21. The lowest BCUT2D eigenvalue weighted by Crippen LogP contribution is -2.52. The molecule has 100 valence electrons. The van der Waals surface area contributed by atoms with Crippen LogP contribution < -0.4 is 5.32 Å². The summed E-state index contributed by atoms with van der Waals surface area (Å²) >= 11 is 0. The summed E-state index contributed by atoms with van der Waals surface area (Å²) in [5, 5.41) is 2.80. The van der Waals surface area contributed by atoms with Crippen LogP contribution in [0.2, 0.25) is 0 Å². The van der Waals surface area contributed by atoms with Crippen molar-refractivity contribution < 1.29 is 14.3 Å². The molecule has 1 heterocycles. The van der Waals surface area contributed by atoms with Gasteiger partial charge in [0.25, 0.3) is 0 Å². The fourth-order valence-electron chi connectivity index (χ4n) is 1.75. The van der Waals surface area contributed by atoms with Crippen LogP contribution in [0.4, 0.5) is 4.79 Å². The zero-order valence-electron chi connectivity index (χ0n) is 11.3. The Morgan fingerprint density at radius 1 is 1.41 bits per heavy atom. The van der Waals surface area contributed by atoms with Crippen LogP contribution in [0.3, 0.4) is 0 Å². The molecule has 0 aromatic rings. The molecule has 1 aliphatic rings. The number of amides is 1. The van der Waals surface area contributed by atoms with E-state index in [4.69, 9.17) is 9.47 Å². The zero-order valence-corrected chi connectivity index (χ0v) is 11.3. The molecule has 0 unspecified atom stereocenters. The Morgan fingerprint density at radius 2 is 2.06 bits per heavy atom. The van der Waals surface area contributed by atoms with Crippen LogP contribution in [-0.4, -0.2) is 56.5 Å². The van der Waals surface area contributed by atoms with Gasteiger partial charge in [-0.2, -0.15) is 0 Å². The average molecular weight is 244 g/mol. The molecule has 5 heteroatoms. The normalized spacial score (nSPS) is 17.6. The molecule has 17 heavy (non-hydrogen) atoms. The minimum absolute atomic E-state index is 0.326. The molecule has 5 nitrogen and oxygen atoms in total. The molecule has 0 radical (unpaired) electrons. The molecule has 0 aliphatic carbocycles. The van der Waals surface area contributed by atoms with Gasteiger partial charge in [-0.3, -0.25) is 0 Å². The van der Waals surface area contributed by atoms with Crippen molar-refractivity contribution in [1.29, 1.82) is 0 Å². The molecule has 0 aromatic heterocycles. The predicted octanol–water partition coefficient (Wildman–Crippen LogP) is 1.09. The second-order valence-electron chi connectivity index (χ2n) is 5.50. The highest BCUT2D eigenvalue weighted by atomic mass is 16.6. The second kappa shape index (κ2) is 6.21. The van der Waals surface area contributed by atoms with Gasteiger partial charge in [-0.05, 0) is 20.8 Å². The molecule has 1 aliphatic heterocycles. The summed E-state index contributed by atoms with van der Waals surface area (Å²) in [4.78, 5) is 13.7. The number of hydrogen-bond donors (Lipinski definition) is 1. The monoisotopic (exact) mass is 244 g/mol. The molecule has 1 fully saturated rings. The molecule has 1 amide bonds. The number of ether oxygens (including phenoxy) is 2. The highest BCUT2D eigenvalue weighted by molar-refractivity contribution is 5.67. The predicted molar refractivity (Wildman–Crippen MR) is 66.0 cm³/mol. The van der Waals surface area contributed by atoms with Crippen molar-refractivity contribution in [3.63, 3.8) is 0 Å². The summed E-state index contributed by atoms with van der Waals surface area (Å²) in [5.41, 5.74) is -0.422. The SMILES string of the molecule is COCCN1CC(CNC(=O)OC(C)(C)C)C1. The maximum Gasteiger partial charge on any atom is 0.407 e. The first kappa shape index (κ1) is 14.3. The van der Waals surface area contributed by atoms with Gasteiger partial charge in [0.1, 0.15) is 5.60 Å². The van der Waals surface area contributed by atoms with E-state index in [0.29, 0.717) is 12.5 Å². The number of hydrogen-bond acceptors (Lipinski definition) is 4. The molecule has 0 spiro atoms. The van der Waals surface area contributed by atoms with Gasteiger partial charge in [0.2, 0.25) is 0 Å². The van der Waals surface area contributed by atoms with Crippen molar-refractivity contribution in [3.8, 4) is 0 Å². The quantitative estimate of drug-likeness (QED) is 0.786. The molecular formula is C12H24N2O3. The lowest BCUT2D eigenvalue weighted by atomic mass is 10.0. The number of nitrogens with zero attached hydrogens (tertiary/aromatic N) is 1. The first-order chi connectivity index (χ1) is 7.90. The smallest absolute Gasteiger partial charge is 0.407 e. The van der Waals surface area contributed by atoms with E-state index in [1.54, 1.807) is 7.11 Å². The van der Waals surface area contributed by atoms with Gasteiger partial charge in [-0.1, -0.05) is 0 Å². The molecular weight excluding hydrogens is 220 g/mol. The Hall–Kier alpha value is -0.810. The third-order valence-electron chi connectivity index (χ3n) is 2.58. The highest BCUT2D eigenvalue weighted by Gasteiger charge is 2.27. The number of likely N-dealkylation sites (tertiary alicyclic amines) is 1. The number of methoxy groups -OCH3 is 1.